The predicted molar refractivity (Wildman–Crippen MR) is 63.7 cm³/mol. The molecule has 0 aliphatic heterocycles. The Bertz CT molecular complexity index is 437. The van der Waals surface area contributed by atoms with Crippen molar-refractivity contribution in [3.8, 4) is 0 Å². The highest BCUT2D eigenvalue weighted by Crippen LogP contribution is 2.42. The zero-order valence-electron chi connectivity index (χ0n) is 9.69. The fourth-order valence-corrected chi connectivity index (χ4v) is 2.30. The quantitative estimate of drug-likeness (QED) is 0.800. The maximum Gasteiger partial charge on any atom is 0.402 e. The molecular weight excluding hydrogens is 331 g/mol. The molecular formula is C11H9Cl2F6N. The molecule has 9 heteroatoms. The molecule has 20 heavy (non-hydrogen) atoms. The lowest BCUT2D eigenvalue weighted by Gasteiger charge is -2.28. The molecule has 0 bridgehead atoms. The van der Waals surface area contributed by atoms with E-state index in [4.69, 9.17) is 28.9 Å². The van der Waals surface area contributed by atoms with Gasteiger partial charge in [0.05, 0.1) is 0 Å². The van der Waals surface area contributed by atoms with E-state index in [0.29, 0.717) is 0 Å². The Morgan fingerprint density at radius 3 is 1.70 bits per heavy atom. The van der Waals surface area contributed by atoms with E-state index in [1.165, 1.54) is 18.2 Å². The Morgan fingerprint density at radius 1 is 0.950 bits per heavy atom. The zero-order valence-corrected chi connectivity index (χ0v) is 11.2. The lowest BCUT2D eigenvalue weighted by molar-refractivity contribution is -0.289. The summed E-state index contributed by atoms with van der Waals surface area (Å²) in [5.41, 5.74) is 5.06. The van der Waals surface area contributed by atoms with Crippen molar-refractivity contribution in [1.82, 2.24) is 0 Å². The van der Waals surface area contributed by atoms with Crippen molar-refractivity contribution in [1.29, 1.82) is 0 Å². The van der Waals surface area contributed by atoms with Crippen molar-refractivity contribution in [2.75, 3.05) is 0 Å². The SMILES string of the molecule is NC(Cc1c(Cl)cccc1Cl)C(C(F)(F)F)C(F)(F)F. The summed E-state index contributed by atoms with van der Waals surface area (Å²) in [7, 11) is 0. The standard InChI is InChI=1S/C11H9Cl2F6N/c12-6-2-1-3-7(13)5(6)4-8(20)9(10(14,15)16)11(17,18)19/h1-3,8-9H,4,20H2. The van der Waals surface area contributed by atoms with Gasteiger partial charge in [-0.3, -0.25) is 0 Å². The van der Waals surface area contributed by atoms with Gasteiger partial charge in [-0.15, -0.1) is 0 Å². The third kappa shape index (κ3) is 4.17. The summed E-state index contributed by atoms with van der Waals surface area (Å²) >= 11 is 11.4. The van der Waals surface area contributed by atoms with E-state index in [-0.39, 0.29) is 15.6 Å². The van der Waals surface area contributed by atoms with E-state index in [1.807, 2.05) is 0 Å². The molecule has 1 rings (SSSR count). The van der Waals surface area contributed by atoms with E-state index in [0.717, 1.165) is 0 Å². The first-order chi connectivity index (χ1) is 8.94. The highest BCUT2D eigenvalue weighted by Gasteiger charge is 2.59. The molecule has 0 heterocycles. The summed E-state index contributed by atoms with van der Waals surface area (Å²) < 4.78 is 75.0. The molecule has 0 aliphatic rings. The second kappa shape index (κ2) is 5.99. The monoisotopic (exact) mass is 339 g/mol. The molecule has 114 valence electrons. The van der Waals surface area contributed by atoms with Gasteiger partial charge in [-0.25, -0.2) is 0 Å². The van der Waals surface area contributed by atoms with E-state index < -0.39 is 30.7 Å². The van der Waals surface area contributed by atoms with E-state index >= 15 is 0 Å². The van der Waals surface area contributed by atoms with Crippen LogP contribution in [0.3, 0.4) is 0 Å². The van der Waals surface area contributed by atoms with Crippen molar-refractivity contribution in [2.45, 2.75) is 24.8 Å². The number of hydrogen-bond donors (Lipinski definition) is 1. The Balaban J connectivity index is 3.07. The van der Waals surface area contributed by atoms with Gasteiger partial charge < -0.3 is 5.73 Å². The molecule has 0 amide bonds. The molecule has 0 aliphatic carbocycles. The Labute approximate surface area is 120 Å². The van der Waals surface area contributed by atoms with Crippen LogP contribution in [0, 0.1) is 5.92 Å². The molecule has 1 aromatic carbocycles. The van der Waals surface area contributed by atoms with Crippen LogP contribution in [0.2, 0.25) is 10.0 Å². The first kappa shape index (κ1) is 17.4. The van der Waals surface area contributed by atoms with Crippen LogP contribution in [0.4, 0.5) is 26.3 Å². The van der Waals surface area contributed by atoms with Gasteiger partial charge in [0, 0.05) is 16.1 Å². The van der Waals surface area contributed by atoms with Gasteiger partial charge in [-0.1, -0.05) is 29.3 Å². The maximum absolute atomic E-state index is 12.5. The van der Waals surface area contributed by atoms with Gasteiger partial charge in [-0.2, -0.15) is 26.3 Å². The summed E-state index contributed by atoms with van der Waals surface area (Å²) in [6.07, 6.45) is -11.7. The number of halogens is 8. The van der Waals surface area contributed by atoms with E-state index in [9.17, 15) is 26.3 Å². The molecule has 0 radical (unpaired) electrons. The second-order valence-electron chi connectivity index (χ2n) is 4.13. The van der Waals surface area contributed by atoms with E-state index in [1.54, 1.807) is 0 Å². The van der Waals surface area contributed by atoms with Crippen molar-refractivity contribution in [3.63, 3.8) is 0 Å². The van der Waals surface area contributed by atoms with Crippen LogP contribution < -0.4 is 5.73 Å². The molecule has 0 saturated carbocycles. The molecule has 1 atom stereocenters. The normalized spacial score (nSPS) is 14.7. The lowest BCUT2D eigenvalue weighted by Crippen LogP contribution is -2.49. The van der Waals surface area contributed by atoms with Gasteiger partial charge in [0.15, 0.2) is 5.92 Å². The number of nitrogens with two attached hydrogens (primary N) is 1. The van der Waals surface area contributed by atoms with Crippen molar-refractivity contribution < 1.29 is 26.3 Å². The van der Waals surface area contributed by atoms with Gasteiger partial charge >= 0.3 is 12.4 Å². The number of alkyl halides is 6. The molecule has 1 aromatic rings. The van der Waals surface area contributed by atoms with Gasteiger partial charge in [0.1, 0.15) is 0 Å². The van der Waals surface area contributed by atoms with Gasteiger partial charge in [0.25, 0.3) is 0 Å². The minimum Gasteiger partial charge on any atom is -0.327 e. The third-order valence-corrected chi connectivity index (χ3v) is 3.34. The molecule has 0 fully saturated rings. The maximum atomic E-state index is 12.5. The largest absolute Gasteiger partial charge is 0.402 e. The highest BCUT2D eigenvalue weighted by atomic mass is 35.5. The Hall–Kier alpha value is -0.660. The first-order valence-electron chi connectivity index (χ1n) is 5.26. The van der Waals surface area contributed by atoms with Gasteiger partial charge in [0.2, 0.25) is 0 Å². The molecule has 0 spiro atoms. The minimum atomic E-state index is -5.49. The zero-order chi connectivity index (χ0) is 15.7. The van der Waals surface area contributed by atoms with Crippen LogP contribution in [0.15, 0.2) is 18.2 Å². The van der Waals surface area contributed by atoms with Crippen molar-refractivity contribution in [3.05, 3.63) is 33.8 Å². The van der Waals surface area contributed by atoms with Crippen LogP contribution in [0.5, 0.6) is 0 Å². The van der Waals surface area contributed by atoms with Crippen LogP contribution in [0.25, 0.3) is 0 Å². The van der Waals surface area contributed by atoms with Crippen LogP contribution in [0.1, 0.15) is 5.56 Å². The predicted octanol–water partition coefficient (Wildman–Crippen LogP) is 4.60. The molecule has 0 saturated heterocycles. The number of rotatable bonds is 3. The average Bonchev–Trinajstić information content (AvgIpc) is 2.19. The fourth-order valence-electron chi connectivity index (χ4n) is 1.75. The first-order valence-corrected chi connectivity index (χ1v) is 6.02. The Kier molecular flexibility index (Phi) is 5.21. The number of benzene rings is 1. The fraction of sp³-hybridized carbons (Fsp3) is 0.455. The average molecular weight is 340 g/mol. The highest BCUT2D eigenvalue weighted by molar-refractivity contribution is 6.36. The summed E-state index contributed by atoms with van der Waals surface area (Å²) in [6, 6.07) is 1.81. The Morgan fingerprint density at radius 2 is 1.35 bits per heavy atom. The van der Waals surface area contributed by atoms with E-state index in [2.05, 4.69) is 0 Å². The van der Waals surface area contributed by atoms with Crippen molar-refractivity contribution in [2.24, 2.45) is 11.7 Å². The molecule has 2 N–H and O–H groups in total. The van der Waals surface area contributed by atoms with Crippen LogP contribution in [-0.4, -0.2) is 18.4 Å². The van der Waals surface area contributed by atoms with Gasteiger partial charge in [-0.05, 0) is 24.1 Å². The summed E-state index contributed by atoms with van der Waals surface area (Å²) in [5, 5.41) is -0.0629. The molecule has 1 nitrogen and oxygen atoms in total. The smallest absolute Gasteiger partial charge is 0.327 e. The van der Waals surface area contributed by atoms with Crippen LogP contribution in [-0.2, 0) is 6.42 Å². The summed E-state index contributed by atoms with van der Waals surface area (Å²) in [4.78, 5) is 0. The number of hydrogen-bond acceptors (Lipinski definition) is 1. The second-order valence-corrected chi connectivity index (χ2v) is 4.94. The third-order valence-electron chi connectivity index (χ3n) is 2.63. The van der Waals surface area contributed by atoms with Crippen molar-refractivity contribution >= 4 is 23.2 Å². The molecule has 1 unspecified atom stereocenters. The van der Waals surface area contributed by atoms with Crippen LogP contribution >= 0.6 is 23.2 Å². The minimum absolute atomic E-state index is 0.0314. The topological polar surface area (TPSA) is 26.0 Å². The summed E-state index contributed by atoms with van der Waals surface area (Å²) in [6.45, 7) is 0. The summed E-state index contributed by atoms with van der Waals surface area (Å²) in [5.74, 6) is -3.64. The lowest BCUT2D eigenvalue weighted by atomic mass is 9.93. The molecule has 0 aromatic heterocycles.